The molecule has 0 bridgehead atoms. The minimum Gasteiger partial charge on any atom is -0.467 e. The van der Waals surface area contributed by atoms with Crippen LogP contribution in [0.2, 0.25) is 15.1 Å². The Hall–Kier alpha value is -1.42. The lowest BCUT2D eigenvalue weighted by Crippen LogP contribution is -2.22. The monoisotopic (exact) mass is 343 g/mol. The molecule has 0 saturated carbocycles. The number of esters is 1. The van der Waals surface area contributed by atoms with E-state index in [1.54, 1.807) is 42.5 Å². The van der Waals surface area contributed by atoms with Crippen molar-refractivity contribution in [3.8, 4) is 0 Å². The summed E-state index contributed by atoms with van der Waals surface area (Å²) in [6.07, 6.45) is 0. The predicted octanol–water partition coefficient (Wildman–Crippen LogP) is 4.97. The maximum absolute atomic E-state index is 12.0. The van der Waals surface area contributed by atoms with Crippen molar-refractivity contribution >= 4 is 46.5 Å². The first kappa shape index (κ1) is 16.0. The van der Waals surface area contributed by atoms with Gasteiger partial charge in [-0.05, 0) is 42.0 Å². The van der Waals surface area contributed by atoms with Gasteiger partial charge in [-0.3, -0.25) is 0 Å². The zero-order chi connectivity index (χ0) is 15.4. The number of methoxy groups -OCH3 is 1. The summed E-state index contributed by atoms with van der Waals surface area (Å²) in [5.74, 6) is -0.451. The SMILES string of the molecule is COC(=O)C(Nc1cccc(Cl)c1)c1cc(Cl)cc(Cl)c1. The van der Waals surface area contributed by atoms with Crippen LogP contribution in [0.15, 0.2) is 42.5 Å². The van der Waals surface area contributed by atoms with E-state index in [4.69, 9.17) is 39.5 Å². The van der Waals surface area contributed by atoms with Crippen molar-refractivity contribution in [1.29, 1.82) is 0 Å². The number of carbonyl (C=O) groups excluding carboxylic acids is 1. The first-order chi connectivity index (χ1) is 9.99. The zero-order valence-corrected chi connectivity index (χ0v) is 13.3. The molecule has 0 aliphatic carbocycles. The van der Waals surface area contributed by atoms with Crippen LogP contribution in [-0.4, -0.2) is 13.1 Å². The van der Waals surface area contributed by atoms with Gasteiger partial charge >= 0.3 is 5.97 Å². The number of hydrogen-bond donors (Lipinski definition) is 1. The molecule has 2 aromatic carbocycles. The summed E-state index contributed by atoms with van der Waals surface area (Å²) in [5.41, 5.74) is 1.30. The van der Waals surface area contributed by atoms with Crippen molar-refractivity contribution in [2.24, 2.45) is 0 Å². The Morgan fingerprint density at radius 1 is 1.05 bits per heavy atom. The Morgan fingerprint density at radius 2 is 1.71 bits per heavy atom. The molecule has 0 saturated heterocycles. The van der Waals surface area contributed by atoms with Gasteiger partial charge in [0.15, 0.2) is 6.04 Å². The van der Waals surface area contributed by atoms with Crippen LogP contribution in [-0.2, 0) is 9.53 Å². The van der Waals surface area contributed by atoms with E-state index in [1.807, 2.05) is 0 Å². The summed E-state index contributed by atoms with van der Waals surface area (Å²) in [4.78, 5) is 12.0. The number of nitrogens with one attached hydrogen (secondary N) is 1. The van der Waals surface area contributed by atoms with Crippen molar-refractivity contribution in [3.05, 3.63) is 63.1 Å². The summed E-state index contributed by atoms with van der Waals surface area (Å²) in [5, 5.41) is 4.52. The smallest absolute Gasteiger partial charge is 0.332 e. The van der Waals surface area contributed by atoms with Crippen LogP contribution >= 0.6 is 34.8 Å². The highest BCUT2D eigenvalue weighted by atomic mass is 35.5. The van der Waals surface area contributed by atoms with Gasteiger partial charge in [-0.15, -0.1) is 0 Å². The molecule has 110 valence electrons. The minimum absolute atomic E-state index is 0.444. The maximum atomic E-state index is 12.0. The van der Waals surface area contributed by atoms with Gasteiger partial charge in [0, 0.05) is 20.8 Å². The number of benzene rings is 2. The number of halogens is 3. The number of rotatable bonds is 4. The molecule has 0 radical (unpaired) electrons. The molecule has 0 heterocycles. The van der Waals surface area contributed by atoms with Crippen molar-refractivity contribution in [3.63, 3.8) is 0 Å². The Kier molecular flexibility index (Phi) is 5.34. The summed E-state index contributed by atoms with van der Waals surface area (Å²) in [6, 6.07) is 11.2. The Balaban J connectivity index is 2.36. The van der Waals surface area contributed by atoms with Gasteiger partial charge < -0.3 is 10.1 Å². The van der Waals surface area contributed by atoms with Crippen LogP contribution in [0.3, 0.4) is 0 Å². The number of ether oxygens (including phenoxy) is 1. The van der Waals surface area contributed by atoms with E-state index in [2.05, 4.69) is 5.32 Å². The third kappa shape index (κ3) is 4.27. The van der Waals surface area contributed by atoms with E-state index in [-0.39, 0.29) is 0 Å². The van der Waals surface area contributed by atoms with E-state index in [0.717, 1.165) is 0 Å². The second-order valence-electron chi connectivity index (χ2n) is 4.31. The Labute approximate surface area is 137 Å². The second-order valence-corrected chi connectivity index (χ2v) is 5.62. The molecule has 2 rings (SSSR count). The standard InChI is InChI=1S/C15H12Cl3NO2/c1-21-15(20)14(9-5-11(17)7-12(18)6-9)19-13-4-2-3-10(16)8-13/h2-8,14,19H,1H3. The molecule has 1 N–H and O–H groups in total. The van der Waals surface area contributed by atoms with Gasteiger partial charge in [0.25, 0.3) is 0 Å². The van der Waals surface area contributed by atoms with Crippen LogP contribution in [0.5, 0.6) is 0 Å². The minimum atomic E-state index is -0.732. The summed E-state index contributed by atoms with van der Waals surface area (Å²) >= 11 is 17.9. The molecule has 1 atom stereocenters. The van der Waals surface area contributed by atoms with Crippen molar-refractivity contribution in [1.82, 2.24) is 0 Å². The molecular weight excluding hydrogens is 333 g/mol. The van der Waals surface area contributed by atoms with Gasteiger partial charge in [0.1, 0.15) is 0 Å². The fourth-order valence-corrected chi connectivity index (χ4v) is 2.62. The second kappa shape index (κ2) is 7.03. The van der Waals surface area contributed by atoms with Crippen LogP contribution in [0.25, 0.3) is 0 Å². The fraction of sp³-hybridized carbons (Fsp3) is 0.133. The molecule has 6 heteroatoms. The van der Waals surface area contributed by atoms with E-state index >= 15 is 0 Å². The first-order valence-corrected chi connectivity index (χ1v) is 7.19. The molecule has 0 aromatic heterocycles. The number of hydrogen-bond acceptors (Lipinski definition) is 3. The molecule has 0 spiro atoms. The van der Waals surface area contributed by atoms with Crippen LogP contribution < -0.4 is 5.32 Å². The number of carbonyl (C=O) groups is 1. The lowest BCUT2D eigenvalue weighted by molar-refractivity contribution is -0.141. The largest absolute Gasteiger partial charge is 0.467 e. The highest BCUT2D eigenvalue weighted by Gasteiger charge is 2.22. The maximum Gasteiger partial charge on any atom is 0.332 e. The summed E-state index contributed by atoms with van der Waals surface area (Å²) in [7, 11) is 1.32. The van der Waals surface area contributed by atoms with Gasteiger partial charge in [-0.25, -0.2) is 4.79 Å². The van der Waals surface area contributed by atoms with Crippen LogP contribution in [0.4, 0.5) is 5.69 Å². The average Bonchev–Trinajstić information content (AvgIpc) is 2.43. The van der Waals surface area contributed by atoms with Crippen molar-refractivity contribution < 1.29 is 9.53 Å². The average molecular weight is 345 g/mol. The van der Waals surface area contributed by atoms with Crippen molar-refractivity contribution in [2.45, 2.75) is 6.04 Å². The molecule has 0 amide bonds. The lowest BCUT2D eigenvalue weighted by Gasteiger charge is -2.18. The summed E-state index contributed by atoms with van der Waals surface area (Å²) < 4.78 is 4.83. The predicted molar refractivity (Wildman–Crippen MR) is 86.3 cm³/mol. The third-order valence-electron chi connectivity index (χ3n) is 2.79. The summed E-state index contributed by atoms with van der Waals surface area (Å²) in [6.45, 7) is 0. The topological polar surface area (TPSA) is 38.3 Å². The Bertz CT molecular complexity index is 641. The van der Waals surface area contributed by atoms with E-state index < -0.39 is 12.0 Å². The van der Waals surface area contributed by atoms with Gasteiger partial charge in [-0.2, -0.15) is 0 Å². The van der Waals surface area contributed by atoms with E-state index in [9.17, 15) is 4.79 Å². The van der Waals surface area contributed by atoms with Crippen LogP contribution in [0, 0.1) is 0 Å². The van der Waals surface area contributed by atoms with E-state index in [0.29, 0.717) is 26.3 Å². The van der Waals surface area contributed by atoms with Gasteiger partial charge in [0.2, 0.25) is 0 Å². The van der Waals surface area contributed by atoms with Gasteiger partial charge in [-0.1, -0.05) is 40.9 Å². The Morgan fingerprint density at radius 3 is 2.29 bits per heavy atom. The normalized spacial score (nSPS) is 11.8. The molecule has 21 heavy (non-hydrogen) atoms. The third-order valence-corrected chi connectivity index (χ3v) is 3.46. The molecule has 0 aliphatic heterocycles. The quantitative estimate of drug-likeness (QED) is 0.796. The highest BCUT2D eigenvalue weighted by Crippen LogP contribution is 2.27. The molecule has 2 aromatic rings. The first-order valence-electron chi connectivity index (χ1n) is 6.05. The van der Waals surface area contributed by atoms with Crippen LogP contribution in [0.1, 0.15) is 11.6 Å². The molecule has 0 fully saturated rings. The molecule has 0 aliphatic rings. The zero-order valence-electron chi connectivity index (χ0n) is 11.1. The lowest BCUT2D eigenvalue weighted by atomic mass is 10.1. The highest BCUT2D eigenvalue weighted by molar-refractivity contribution is 6.34. The molecule has 1 unspecified atom stereocenters. The fourth-order valence-electron chi connectivity index (χ4n) is 1.88. The van der Waals surface area contributed by atoms with E-state index in [1.165, 1.54) is 7.11 Å². The molecular formula is C15H12Cl3NO2. The number of anilines is 1. The van der Waals surface area contributed by atoms with Gasteiger partial charge in [0.05, 0.1) is 7.11 Å². The molecule has 3 nitrogen and oxygen atoms in total. The van der Waals surface area contributed by atoms with Crippen molar-refractivity contribution in [2.75, 3.05) is 12.4 Å².